The molecular weight excluding hydrogens is 350 g/mol. The topological polar surface area (TPSA) is 110 Å². The van der Waals surface area contributed by atoms with Gasteiger partial charge in [-0.2, -0.15) is 0 Å². The Hall–Kier alpha value is -3.13. The first-order valence-electron chi connectivity index (χ1n) is 8.40. The van der Waals surface area contributed by atoms with Crippen LogP contribution in [-0.2, 0) is 16.0 Å². The maximum atomic E-state index is 12.0. The first kappa shape index (κ1) is 20.2. The summed E-state index contributed by atoms with van der Waals surface area (Å²) in [5.74, 6) is -0.233. The van der Waals surface area contributed by atoms with Crippen LogP contribution in [0.1, 0.15) is 12.0 Å². The molecule has 3 N–H and O–H groups in total. The van der Waals surface area contributed by atoms with Crippen LogP contribution in [0.5, 0.6) is 11.5 Å². The number of carbonyl (C=O) groups excluding carboxylic acids is 1. The van der Waals surface area contributed by atoms with Crippen molar-refractivity contribution in [2.75, 3.05) is 26.1 Å². The molecule has 0 bridgehead atoms. The van der Waals surface area contributed by atoms with Crippen LogP contribution < -0.4 is 20.1 Å². The van der Waals surface area contributed by atoms with Gasteiger partial charge in [0.15, 0.2) is 11.5 Å². The van der Waals surface area contributed by atoms with Gasteiger partial charge in [0.25, 0.3) is 0 Å². The van der Waals surface area contributed by atoms with Gasteiger partial charge in [-0.15, -0.1) is 0 Å². The molecule has 8 heteroatoms. The van der Waals surface area contributed by atoms with E-state index in [0.29, 0.717) is 30.2 Å². The van der Waals surface area contributed by atoms with Crippen LogP contribution in [-0.4, -0.2) is 48.8 Å². The van der Waals surface area contributed by atoms with E-state index in [1.165, 1.54) is 6.20 Å². The van der Waals surface area contributed by atoms with Gasteiger partial charge in [-0.1, -0.05) is 6.07 Å². The van der Waals surface area contributed by atoms with Crippen LogP contribution in [0.15, 0.2) is 42.7 Å². The quantitative estimate of drug-likeness (QED) is 0.581. The lowest BCUT2D eigenvalue weighted by molar-refractivity contribution is -0.141. The number of anilines is 1. The number of carbonyl (C=O) groups is 2. The number of pyridine rings is 1. The predicted octanol–water partition coefficient (Wildman–Crippen LogP) is 1.71. The number of benzene rings is 1. The maximum absolute atomic E-state index is 12.0. The summed E-state index contributed by atoms with van der Waals surface area (Å²) in [6.45, 7) is 0.395. The lowest BCUT2D eigenvalue weighted by Gasteiger charge is -2.15. The number of rotatable bonds is 10. The summed E-state index contributed by atoms with van der Waals surface area (Å²) in [5, 5.41) is 14.9. The van der Waals surface area contributed by atoms with Crippen molar-refractivity contribution in [1.82, 2.24) is 10.3 Å². The molecule has 0 aliphatic carbocycles. The Morgan fingerprint density at radius 3 is 2.59 bits per heavy atom. The standard InChI is InChI=1S/C19H23N3O5/c1-26-16-6-5-13(10-17(16)27-2)7-9-21-15(19(24)25)11-18(23)22-14-4-3-8-20-12-14/h3-6,8,10,12,15,21H,7,9,11H2,1-2H3,(H,22,23)(H,24,25). The molecule has 144 valence electrons. The van der Waals surface area contributed by atoms with E-state index in [9.17, 15) is 14.7 Å². The molecule has 0 saturated carbocycles. The Kier molecular flexibility index (Phi) is 7.57. The number of nitrogens with zero attached hydrogens (tertiary/aromatic N) is 1. The van der Waals surface area contributed by atoms with Crippen molar-refractivity contribution >= 4 is 17.6 Å². The van der Waals surface area contributed by atoms with Gasteiger partial charge in [0.1, 0.15) is 6.04 Å². The predicted molar refractivity (Wildman–Crippen MR) is 100 cm³/mol. The van der Waals surface area contributed by atoms with Crippen LogP contribution >= 0.6 is 0 Å². The van der Waals surface area contributed by atoms with Gasteiger partial charge in [0, 0.05) is 6.20 Å². The third kappa shape index (κ3) is 6.27. The number of nitrogens with one attached hydrogen (secondary N) is 2. The molecule has 1 aromatic carbocycles. The number of aromatic nitrogens is 1. The molecule has 2 aromatic rings. The first-order chi connectivity index (χ1) is 13.0. The fourth-order valence-electron chi connectivity index (χ4n) is 2.51. The van der Waals surface area contributed by atoms with Crippen LogP contribution in [0.4, 0.5) is 5.69 Å². The maximum Gasteiger partial charge on any atom is 0.321 e. The summed E-state index contributed by atoms with van der Waals surface area (Å²) in [6, 6.07) is 7.90. The SMILES string of the molecule is COc1ccc(CCNC(CC(=O)Nc2cccnc2)C(=O)O)cc1OC. The number of ether oxygens (including phenoxy) is 2. The fourth-order valence-corrected chi connectivity index (χ4v) is 2.51. The Bertz CT molecular complexity index is 767. The Morgan fingerprint density at radius 2 is 1.96 bits per heavy atom. The third-order valence-corrected chi connectivity index (χ3v) is 3.89. The Balaban J connectivity index is 1.87. The molecule has 8 nitrogen and oxygen atoms in total. The van der Waals surface area contributed by atoms with E-state index < -0.39 is 17.9 Å². The number of carboxylic acid groups (broad SMARTS) is 1. The monoisotopic (exact) mass is 373 g/mol. The molecule has 1 aromatic heterocycles. The lowest BCUT2D eigenvalue weighted by Crippen LogP contribution is -2.40. The minimum atomic E-state index is -1.08. The molecule has 0 aliphatic heterocycles. The molecule has 1 unspecified atom stereocenters. The zero-order chi connectivity index (χ0) is 19.6. The Labute approximate surface area is 157 Å². The van der Waals surface area contributed by atoms with Crippen molar-refractivity contribution in [1.29, 1.82) is 0 Å². The van der Waals surface area contributed by atoms with Gasteiger partial charge in [-0.05, 0) is 42.8 Å². The van der Waals surface area contributed by atoms with Crippen LogP contribution in [0.2, 0.25) is 0 Å². The summed E-state index contributed by atoms with van der Waals surface area (Å²) in [7, 11) is 3.12. The van der Waals surface area contributed by atoms with E-state index in [-0.39, 0.29) is 6.42 Å². The molecule has 0 spiro atoms. The number of aliphatic carboxylic acids is 1. The second-order valence-corrected chi connectivity index (χ2v) is 5.78. The number of hydrogen-bond donors (Lipinski definition) is 3. The van der Waals surface area contributed by atoms with Crippen molar-refractivity contribution in [3.05, 3.63) is 48.3 Å². The summed E-state index contributed by atoms with van der Waals surface area (Å²) in [6.07, 6.45) is 3.48. The fraction of sp³-hybridized carbons (Fsp3) is 0.316. The smallest absolute Gasteiger partial charge is 0.321 e. The van der Waals surface area contributed by atoms with Crippen molar-refractivity contribution in [3.8, 4) is 11.5 Å². The number of methoxy groups -OCH3 is 2. The second-order valence-electron chi connectivity index (χ2n) is 5.78. The number of hydrogen-bond acceptors (Lipinski definition) is 6. The van der Waals surface area contributed by atoms with Crippen LogP contribution in [0.3, 0.4) is 0 Å². The molecule has 0 saturated heterocycles. The van der Waals surface area contributed by atoms with Gasteiger partial charge in [0.2, 0.25) is 5.91 Å². The summed E-state index contributed by atoms with van der Waals surface area (Å²) in [5.41, 5.74) is 1.49. The highest BCUT2D eigenvalue weighted by Crippen LogP contribution is 2.27. The highest BCUT2D eigenvalue weighted by atomic mass is 16.5. The zero-order valence-electron chi connectivity index (χ0n) is 15.3. The molecule has 2 rings (SSSR count). The lowest BCUT2D eigenvalue weighted by atomic mass is 10.1. The van der Waals surface area contributed by atoms with Crippen molar-refractivity contribution in [3.63, 3.8) is 0 Å². The Morgan fingerprint density at radius 1 is 1.19 bits per heavy atom. The van der Waals surface area contributed by atoms with E-state index >= 15 is 0 Å². The normalized spacial score (nSPS) is 11.5. The highest BCUT2D eigenvalue weighted by molar-refractivity contribution is 5.93. The van der Waals surface area contributed by atoms with Crippen LogP contribution in [0.25, 0.3) is 0 Å². The summed E-state index contributed by atoms with van der Waals surface area (Å²) >= 11 is 0. The minimum Gasteiger partial charge on any atom is -0.493 e. The zero-order valence-corrected chi connectivity index (χ0v) is 15.3. The van der Waals surface area contributed by atoms with Gasteiger partial charge >= 0.3 is 5.97 Å². The third-order valence-electron chi connectivity index (χ3n) is 3.89. The van der Waals surface area contributed by atoms with Crippen molar-refractivity contribution in [2.45, 2.75) is 18.9 Å². The highest BCUT2D eigenvalue weighted by Gasteiger charge is 2.20. The molecule has 0 radical (unpaired) electrons. The molecule has 1 amide bonds. The van der Waals surface area contributed by atoms with E-state index in [4.69, 9.17) is 9.47 Å². The molecule has 27 heavy (non-hydrogen) atoms. The second kappa shape index (κ2) is 10.1. The molecular formula is C19H23N3O5. The molecule has 1 heterocycles. The summed E-state index contributed by atoms with van der Waals surface area (Å²) in [4.78, 5) is 27.4. The van der Waals surface area contributed by atoms with Gasteiger partial charge < -0.3 is 25.2 Å². The van der Waals surface area contributed by atoms with E-state index in [1.807, 2.05) is 12.1 Å². The van der Waals surface area contributed by atoms with Gasteiger partial charge in [-0.25, -0.2) is 0 Å². The average Bonchev–Trinajstić information content (AvgIpc) is 2.67. The van der Waals surface area contributed by atoms with E-state index in [0.717, 1.165) is 5.56 Å². The van der Waals surface area contributed by atoms with Crippen molar-refractivity contribution < 1.29 is 24.2 Å². The minimum absolute atomic E-state index is 0.184. The number of amides is 1. The van der Waals surface area contributed by atoms with E-state index in [1.54, 1.807) is 38.6 Å². The molecule has 1 atom stereocenters. The largest absolute Gasteiger partial charge is 0.493 e. The molecule has 0 fully saturated rings. The summed E-state index contributed by atoms with van der Waals surface area (Å²) < 4.78 is 10.4. The number of carboxylic acids is 1. The van der Waals surface area contributed by atoms with Gasteiger partial charge in [-0.3, -0.25) is 14.6 Å². The average molecular weight is 373 g/mol. The molecule has 0 aliphatic rings. The van der Waals surface area contributed by atoms with Gasteiger partial charge in [0.05, 0.1) is 32.5 Å². The van der Waals surface area contributed by atoms with Crippen LogP contribution in [0, 0.1) is 0 Å². The van der Waals surface area contributed by atoms with E-state index in [2.05, 4.69) is 15.6 Å². The van der Waals surface area contributed by atoms with Crippen molar-refractivity contribution in [2.24, 2.45) is 0 Å². The first-order valence-corrected chi connectivity index (χ1v) is 8.40.